The summed E-state index contributed by atoms with van der Waals surface area (Å²) in [4.78, 5) is 36.9. The summed E-state index contributed by atoms with van der Waals surface area (Å²) in [5, 5.41) is 0. The molecule has 1 fully saturated rings. The molecule has 6 atom stereocenters. The number of aldehydes is 1. The number of esters is 1. The van der Waals surface area contributed by atoms with E-state index in [0.717, 1.165) is 48.7 Å². The molecule has 1 aromatic rings. The quantitative estimate of drug-likeness (QED) is 0.129. The number of hydrogen-bond acceptors (Lipinski definition) is 6. The van der Waals surface area contributed by atoms with Gasteiger partial charge in [-0.3, -0.25) is 9.59 Å². The Morgan fingerprint density at radius 3 is 2.67 bits per heavy atom. The van der Waals surface area contributed by atoms with Crippen molar-refractivity contribution in [3.63, 3.8) is 0 Å². The Labute approximate surface area is 250 Å². The highest BCUT2D eigenvalue weighted by atomic mass is 16.5. The van der Waals surface area contributed by atoms with Gasteiger partial charge in [-0.2, -0.15) is 0 Å². The van der Waals surface area contributed by atoms with Gasteiger partial charge >= 0.3 is 5.97 Å². The molecule has 0 saturated heterocycles. The molecule has 1 saturated carbocycles. The zero-order valence-electron chi connectivity index (χ0n) is 25.7. The van der Waals surface area contributed by atoms with Crippen LogP contribution in [0.15, 0.2) is 71.4 Å². The molecule has 6 heteroatoms. The molecular formula is C36H44O6. The summed E-state index contributed by atoms with van der Waals surface area (Å²) < 4.78 is 16.0. The van der Waals surface area contributed by atoms with Gasteiger partial charge < -0.3 is 14.2 Å². The van der Waals surface area contributed by atoms with E-state index in [9.17, 15) is 14.4 Å². The highest BCUT2D eigenvalue weighted by Gasteiger charge is 2.50. The van der Waals surface area contributed by atoms with Crippen molar-refractivity contribution < 1.29 is 28.6 Å². The topological polar surface area (TPSA) is 78.9 Å². The Hall–Kier alpha value is -3.67. The minimum absolute atomic E-state index is 0.0884. The van der Waals surface area contributed by atoms with Gasteiger partial charge in [-0.1, -0.05) is 49.8 Å². The summed E-state index contributed by atoms with van der Waals surface area (Å²) in [7, 11) is 3.15. The van der Waals surface area contributed by atoms with Crippen LogP contribution in [0.2, 0.25) is 0 Å². The summed E-state index contributed by atoms with van der Waals surface area (Å²) >= 11 is 0. The van der Waals surface area contributed by atoms with E-state index in [1.807, 2.05) is 26.0 Å². The van der Waals surface area contributed by atoms with Gasteiger partial charge in [0.05, 0.1) is 20.1 Å². The Bertz CT molecular complexity index is 1340. The molecule has 0 spiro atoms. The Morgan fingerprint density at radius 1 is 1.19 bits per heavy atom. The first-order chi connectivity index (χ1) is 20.1. The van der Waals surface area contributed by atoms with Gasteiger partial charge in [0.15, 0.2) is 17.3 Å². The van der Waals surface area contributed by atoms with Crippen molar-refractivity contribution in [2.75, 3.05) is 20.8 Å². The third-order valence-corrected chi connectivity index (χ3v) is 9.65. The molecule has 0 amide bonds. The summed E-state index contributed by atoms with van der Waals surface area (Å²) in [5.41, 5.74) is 3.69. The number of fused-ring (bicyclic) bond motifs is 2. The fourth-order valence-electron chi connectivity index (χ4n) is 7.25. The van der Waals surface area contributed by atoms with Crippen molar-refractivity contribution in [2.24, 2.45) is 35.0 Å². The molecule has 0 unspecified atom stereocenters. The Balaban J connectivity index is 1.34. The van der Waals surface area contributed by atoms with E-state index in [4.69, 9.17) is 14.2 Å². The first-order valence-corrected chi connectivity index (χ1v) is 14.9. The smallest absolute Gasteiger partial charge is 0.331 e. The van der Waals surface area contributed by atoms with Crippen molar-refractivity contribution in [3.05, 3.63) is 76.9 Å². The number of carbonyl (C=O) groups excluding carboxylic acids is 3. The Kier molecular flexibility index (Phi) is 10.1. The molecule has 0 heterocycles. The van der Waals surface area contributed by atoms with E-state index in [1.54, 1.807) is 38.5 Å². The molecule has 0 bridgehead atoms. The van der Waals surface area contributed by atoms with E-state index in [0.29, 0.717) is 34.8 Å². The van der Waals surface area contributed by atoms with E-state index in [1.165, 1.54) is 6.08 Å². The molecule has 0 aromatic heterocycles. The molecule has 3 aliphatic rings. The third kappa shape index (κ3) is 6.86. The van der Waals surface area contributed by atoms with Crippen LogP contribution >= 0.6 is 0 Å². The van der Waals surface area contributed by atoms with Gasteiger partial charge in [0.2, 0.25) is 0 Å². The van der Waals surface area contributed by atoms with Gasteiger partial charge in [-0.15, -0.1) is 0 Å². The van der Waals surface area contributed by atoms with Crippen LogP contribution in [-0.4, -0.2) is 38.9 Å². The number of rotatable bonds is 10. The van der Waals surface area contributed by atoms with Crippen molar-refractivity contribution in [2.45, 2.75) is 53.4 Å². The van der Waals surface area contributed by atoms with Crippen molar-refractivity contribution >= 4 is 24.1 Å². The molecule has 1 aromatic carbocycles. The Morgan fingerprint density at radius 2 is 1.95 bits per heavy atom. The van der Waals surface area contributed by atoms with E-state index in [2.05, 4.69) is 32.1 Å². The van der Waals surface area contributed by atoms with Crippen LogP contribution in [-0.2, 0) is 19.1 Å². The first kappa shape index (κ1) is 31.3. The largest absolute Gasteiger partial charge is 0.493 e. The van der Waals surface area contributed by atoms with Crippen molar-refractivity contribution in [1.82, 2.24) is 0 Å². The zero-order valence-corrected chi connectivity index (χ0v) is 25.7. The van der Waals surface area contributed by atoms with Crippen LogP contribution in [0.5, 0.6) is 11.5 Å². The highest BCUT2D eigenvalue weighted by Crippen LogP contribution is 2.58. The predicted octanol–water partition coefficient (Wildman–Crippen LogP) is 7.11. The van der Waals surface area contributed by atoms with E-state index in [-0.39, 0.29) is 29.6 Å². The number of ether oxygens (including phenoxy) is 3. The fraction of sp³-hybridized carbons (Fsp3) is 0.472. The van der Waals surface area contributed by atoms with Crippen LogP contribution in [0.25, 0.3) is 6.08 Å². The van der Waals surface area contributed by atoms with Crippen LogP contribution in [0.4, 0.5) is 0 Å². The number of ketones is 1. The van der Waals surface area contributed by atoms with Crippen LogP contribution < -0.4 is 9.47 Å². The average molecular weight is 573 g/mol. The van der Waals surface area contributed by atoms with Gasteiger partial charge in [-0.05, 0) is 110 Å². The molecule has 6 nitrogen and oxygen atoms in total. The lowest BCUT2D eigenvalue weighted by atomic mass is 9.63. The molecule has 4 rings (SSSR count). The second-order valence-corrected chi connectivity index (χ2v) is 12.4. The minimum atomic E-state index is -0.413. The molecular weight excluding hydrogens is 528 g/mol. The van der Waals surface area contributed by atoms with Crippen molar-refractivity contribution in [1.29, 1.82) is 0 Å². The summed E-state index contributed by atoms with van der Waals surface area (Å²) in [5.74, 6) is 2.06. The monoisotopic (exact) mass is 572 g/mol. The normalized spacial score (nSPS) is 29.7. The number of hydrogen-bond donors (Lipinski definition) is 0. The number of allylic oxidation sites excluding steroid dienone is 7. The standard InChI is InChI=1S/C36H44O6/c1-23(22-42-34(39)15-11-26-10-14-32(40-5)33(19-26)41-6)8-7-9-24(2)28-16-17-36(4)20-29-25(3)18-31(38)35(29)27(21-37)12-13-30(28)36/h7-12,14-15,18-19,21,24,28-30,35H,13,16-17,20,22H2,1-6H3/b9-7-,15-11+,23-8-,27-12-/t24-,28+,29+,30-,35-,36+/m0/s1. The second kappa shape index (κ2) is 13.5. The maximum atomic E-state index is 12.7. The average Bonchev–Trinajstić information content (AvgIpc) is 3.43. The van der Waals surface area contributed by atoms with Crippen LogP contribution in [0, 0.1) is 35.0 Å². The first-order valence-electron chi connectivity index (χ1n) is 14.9. The van der Waals surface area contributed by atoms with Crippen LogP contribution in [0.1, 0.15) is 58.9 Å². The maximum absolute atomic E-state index is 12.7. The minimum Gasteiger partial charge on any atom is -0.493 e. The number of carbonyl (C=O) groups is 3. The molecule has 0 N–H and O–H groups in total. The zero-order chi connectivity index (χ0) is 30.4. The summed E-state index contributed by atoms with van der Waals surface area (Å²) in [6.45, 7) is 8.86. The van der Waals surface area contributed by atoms with Crippen LogP contribution in [0.3, 0.4) is 0 Å². The predicted molar refractivity (Wildman–Crippen MR) is 165 cm³/mol. The van der Waals surface area contributed by atoms with E-state index >= 15 is 0 Å². The number of benzene rings is 1. The van der Waals surface area contributed by atoms with Gasteiger partial charge in [-0.25, -0.2) is 4.79 Å². The fourth-order valence-corrected chi connectivity index (χ4v) is 7.25. The number of methoxy groups -OCH3 is 2. The lowest BCUT2D eigenvalue weighted by Crippen LogP contribution is -2.34. The lowest BCUT2D eigenvalue weighted by Gasteiger charge is -2.40. The van der Waals surface area contributed by atoms with E-state index < -0.39 is 5.97 Å². The summed E-state index contributed by atoms with van der Waals surface area (Å²) in [6.07, 6.45) is 18.2. The van der Waals surface area contributed by atoms with Gasteiger partial charge in [0.25, 0.3) is 0 Å². The third-order valence-electron chi connectivity index (χ3n) is 9.65. The molecule has 0 radical (unpaired) electrons. The molecule has 224 valence electrons. The van der Waals surface area contributed by atoms with Gasteiger partial charge in [0.1, 0.15) is 12.9 Å². The SMILES string of the molecule is COc1ccc(/C=C/C(=O)OC/C(C)=C\C=C/[C@H](C)[C@H]2CC[C@]3(C)C[C@@H]4C(C)=CC(=O)[C@H]4/C(C=O)=C\C[C@@H]23)cc1OC. The second-order valence-electron chi connectivity index (χ2n) is 12.4. The lowest BCUT2D eigenvalue weighted by molar-refractivity contribution is -0.136. The molecule has 42 heavy (non-hydrogen) atoms. The van der Waals surface area contributed by atoms with Crippen molar-refractivity contribution in [3.8, 4) is 11.5 Å². The van der Waals surface area contributed by atoms with Gasteiger partial charge in [0, 0.05) is 6.08 Å². The summed E-state index contributed by atoms with van der Waals surface area (Å²) in [6, 6.07) is 5.43. The molecule has 0 aliphatic heterocycles. The maximum Gasteiger partial charge on any atom is 0.331 e. The highest BCUT2D eigenvalue weighted by molar-refractivity contribution is 6.01. The molecule has 3 aliphatic carbocycles.